The first-order valence-corrected chi connectivity index (χ1v) is 6.95. The summed E-state index contributed by atoms with van der Waals surface area (Å²) in [4.78, 5) is -0.298. The van der Waals surface area contributed by atoms with Gasteiger partial charge in [0.2, 0.25) is 10.0 Å². The number of benzene rings is 1. The predicted octanol–water partition coefficient (Wildman–Crippen LogP) is 2.01. The molecule has 1 aliphatic rings. The Morgan fingerprint density at radius 1 is 1.29 bits per heavy atom. The zero-order valence-corrected chi connectivity index (χ0v) is 10.3. The molecule has 1 saturated carbocycles. The number of halogens is 3. The van der Waals surface area contributed by atoms with Crippen LogP contribution in [-0.2, 0) is 10.0 Å². The second-order valence-electron chi connectivity index (χ2n) is 4.10. The molecular weight excluding hydrogens is 272 g/mol. The van der Waals surface area contributed by atoms with Crippen LogP contribution in [0.2, 0.25) is 0 Å². The summed E-state index contributed by atoms with van der Waals surface area (Å²) in [7, 11) is -3.85. The number of sulfonamides is 1. The van der Waals surface area contributed by atoms with Gasteiger partial charge in [0, 0.05) is 11.4 Å². The Balaban J connectivity index is 2.29. The van der Waals surface area contributed by atoms with Crippen molar-refractivity contribution in [3.05, 3.63) is 29.8 Å². The second kappa shape index (κ2) is 4.19. The molecule has 94 valence electrons. The maximum absolute atomic E-state index is 12.9. The smallest absolute Gasteiger partial charge is 0.207 e. The Hall–Kier alpha value is -0.720. The Morgan fingerprint density at radius 2 is 1.94 bits per heavy atom. The summed E-state index contributed by atoms with van der Waals surface area (Å²) in [6.07, 6.45) is 1.30. The molecule has 1 N–H and O–H groups in total. The summed E-state index contributed by atoms with van der Waals surface area (Å²) in [6, 6.07) is 2.46. The zero-order valence-electron chi connectivity index (χ0n) is 8.71. The van der Waals surface area contributed by atoms with Crippen molar-refractivity contribution in [1.29, 1.82) is 0 Å². The third-order valence-corrected chi connectivity index (χ3v) is 4.75. The van der Waals surface area contributed by atoms with Crippen LogP contribution in [0.15, 0.2) is 23.1 Å². The molecule has 0 radical (unpaired) electrons. The van der Waals surface area contributed by atoms with Gasteiger partial charge in [-0.2, -0.15) is 0 Å². The van der Waals surface area contributed by atoms with Gasteiger partial charge >= 0.3 is 0 Å². The van der Waals surface area contributed by atoms with Crippen molar-refractivity contribution in [3.8, 4) is 0 Å². The van der Waals surface area contributed by atoms with E-state index >= 15 is 0 Å². The van der Waals surface area contributed by atoms with Crippen LogP contribution in [0.3, 0.4) is 0 Å². The molecule has 1 aromatic rings. The van der Waals surface area contributed by atoms with E-state index in [4.69, 9.17) is 11.6 Å². The van der Waals surface area contributed by atoms with E-state index < -0.39 is 27.2 Å². The number of alkyl halides is 1. The Labute approximate surface area is 103 Å². The Bertz CT molecular complexity index is 543. The highest BCUT2D eigenvalue weighted by atomic mass is 35.5. The minimum Gasteiger partial charge on any atom is -0.207 e. The van der Waals surface area contributed by atoms with Crippen LogP contribution < -0.4 is 4.72 Å². The van der Waals surface area contributed by atoms with E-state index in [1.807, 2.05) is 0 Å². The molecule has 0 bridgehead atoms. The fraction of sp³-hybridized carbons (Fsp3) is 0.400. The van der Waals surface area contributed by atoms with Gasteiger partial charge in [0.25, 0.3) is 0 Å². The number of nitrogens with one attached hydrogen (secondary N) is 1. The Kier molecular flexibility index (Phi) is 3.14. The average molecular weight is 282 g/mol. The lowest BCUT2D eigenvalue weighted by Gasteiger charge is -2.14. The fourth-order valence-corrected chi connectivity index (χ4v) is 3.29. The van der Waals surface area contributed by atoms with Crippen LogP contribution in [0, 0.1) is 11.6 Å². The lowest BCUT2D eigenvalue weighted by atomic mass is 10.3. The van der Waals surface area contributed by atoms with Crippen molar-refractivity contribution in [2.24, 2.45) is 0 Å². The molecule has 7 heteroatoms. The number of hydrogen-bond donors (Lipinski definition) is 1. The molecule has 3 nitrogen and oxygen atoms in total. The molecule has 0 aromatic heterocycles. The van der Waals surface area contributed by atoms with Crippen molar-refractivity contribution in [2.75, 3.05) is 5.88 Å². The van der Waals surface area contributed by atoms with Crippen LogP contribution >= 0.6 is 11.6 Å². The van der Waals surface area contributed by atoms with E-state index in [1.165, 1.54) is 0 Å². The average Bonchev–Trinajstić information content (AvgIpc) is 3.02. The van der Waals surface area contributed by atoms with E-state index in [-0.39, 0.29) is 10.8 Å². The Morgan fingerprint density at radius 3 is 2.41 bits per heavy atom. The zero-order chi connectivity index (χ0) is 12.7. The molecular formula is C10H10ClF2NO2S. The van der Waals surface area contributed by atoms with Gasteiger partial charge in [0.15, 0.2) is 11.6 Å². The third kappa shape index (κ3) is 2.59. The van der Waals surface area contributed by atoms with Gasteiger partial charge < -0.3 is 0 Å². The lowest BCUT2D eigenvalue weighted by Crippen LogP contribution is -2.38. The molecule has 2 rings (SSSR count). The highest BCUT2D eigenvalue weighted by molar-refractivity contribution is 7.89. The van der Waals surface area contributed by atoms with E-state index in [2.05, 4.69) is 4.72 Å². The third-order valence-electron chi connectivity index (χ3n) is 2.66. The lowest BCUT2D eigenvalue weighted by molar-refractivity contribution is 0.503. The van der Waals surface area contributed by atoms with Crippen LogP contribution in [0.25, 0.3) is 0 Å². The monoisotopic (exact) mass is 281 g/mol. The number of hydrogen-bond acceptors (Lipinski definition) is 2. The van der Waals surface area contributed by atoms with E-state index in [0.29, 0.717) is 18.9 Å². The molecule has 0 unspecified atom stereocenters. The topological polar surface area (TPSA) is 46.2 Å². The van der Waals surface area contributed by atoms with Gasteiger partial charge in [-0.1, -0.05) is 0 Å². The fourth-order valence-electron chi connectivity index (χ4n) is 1.40. The first-order chi connectivity index (χ1) is 7.88. The summed E-state index contributed by atoms with van der Waals surface area (Å²) in [6.45, 7) is 0. The van der Waals surface area contributed by atoms with Crippen molar-refractivity contribution in [2.45, 2.75) is 23.3 Å². The highest BCUT2D eigenvalue weighted by Gasteiger charge is 2.45. The van der Waals surface area contributed by atoms with Crippen LogP contribution in [0.5, 0.6) is 0 Å². The maximum atomic E-state index is 12.9. The SMILES string of the molecule is O=S(=O)(NC1(CCl)CC1)c1ccc(F)c(F)c1. The van der Waals surface area contributed by atoms with Gasteiger partial charge in [-0.15, -0.1) is 11.6 Å². The summed E-state index contributed by atoms with van der Waals surface area (Å²) in [5, 5.41) is 0. The van der Waals surface area contributed by atoms with Gasteiger partial charge in [-0.25, -0.2) is 21.9 Å². The standard InChI is InChI=1S/C10H10ClF2NO2S/c11-6-10(3-4-10)14-17(15,16)7-1-2-8(12)9(13)5-7/h1-2,5,14H,3-4,6H2. The van der Waals surface area contributed by atoms with Crippen molar-refractivity contribution in [3.63, 3.8) is 0 Å². The quantitative estimate of drug-likeness (QED) is 0.858. The largest absolute Gasteiger partial charge is 0.241 e. The van der Waals surface area contributed by atoms with Gasteiger partial charge in [-0.3, -0.25) is 0 Å². The predicted molar refractivity (Wildman–Crippen MR) is 59.4 cm³/mol. The summed E-state index contributed by atoms with van der Waals surface area (Å²) >= 11 is 5.64. The first kappa shape index (κ1) is 12.7. The molecule has 17 heavy (non-hydrogen) atoms. The van der Waals surface area contributed by atoms with Crippen molar-refractivity contribution in [1.82, 2.24) is 4.72 Å². The van der Waals surface area contributed by atoms with Crippen LogP contribution in [0.1, 0.15) is 12.8 Å². The van der Waals surface area contributed by atoms with Gasteiger partial charge in [0.05, 0.1) is 4.90 Å². The molecule has 1 aliphatic carbocycles. The van der Waals surface area contributed by atoms with E-state index in [9.17, 15) is 17.2 Å². The van der Waals surface area contributed by atoms with E-state index in [0.717, 1.165) is 12.1 Å². The van der Waals surface area contributed by atoms with Crippen molar-refractivity contribution >= 4 is 21.6 Å². The van der Waals surface area contributed by atoms with Gasteiger partial charge in [0.1, 0.15) is 0 Å². The normalized spacial score (nSPS) is 18.1. The van der Waals surface area contributed by atoms with Crippen LogP contribution in [-0.4, -0.2) is 19.8 Å². The maximum Gasteiger partial charge on any atom is 0.241 e. The second-order valence-corrected chi connectivity index (χ2v) is 6.05. The van der Waals surface area contributed by atoms with Crippen molar-refractivity contribution < 1.29 is 17.2 Å². The molecule has 1 aromatic carbocycles. The minimum atomic E-state index is -3.85. The summed E-state index contributed by atoms with van der Waals surface area (Å²) in [5.74, 6) is -2.11. The van der Waals surface area contributed by atoms with Crippen LogP contribution in [0.4, 0.5) is 8.78 Å². The molecule has 0 atom stereocenters. The first-order valence-electron chi connectivity index (χ1n) is 4.94. The summed E-state index contributed by atoms with van der Waals surface area (Å²) in [5.41, 5.74) is -0.620. The molecule has 0 amide bonds. The van der Waals surface area contributed by atoms with E-state index in [1.54, 1.807) is 0 Å². The molecule has 0 heterocycles. The summed E-state index contributed by atoms with van der Waals surface area (Å²) < 4.78 is 51.7. The highest BCUT2D eigenvalue weighted by Crippen LogP contribution is 2.37. The van der Waals surface area contributed by atoms with Gasteiger partial charge in [-0.05, 0) is 31.0 Å². The minimum absolute atomic E-state index is 0.163. The molecule has 0 saturated heterocycles. The molecule has 0 spiro atoms. The number of rotatable bonds is 4. The molecule has 0 aliphatic heterocycles. The molecule has 1 fully saturated rings.